The van der Waals surface area contributed by atoms with Crippen LogP contribution in [0.5, 0.6) is 0 Å². The van der Waals surface area contributed by atoms with Gasteiger partial charge in [0.15, 0.2) is 4.73 Å². The number of aromatic nitrogens is 2. The molecule has 4 heteroatoms. The number of nitrogens with zero attached hydrogens (tertiary/aromatic N) is 1. The minimum atomic E-state index is 0.459. The van der Waals surface area contributed by atoms with E-state index in [9.17, 15) is 0 Å². The zero-order chi connectivity index (χ0) is 13.1. The molecule has 0 aliphatic heterocycles. The third-order valence-corrected chi connectivity index (χ3v) is 3.70. The van der Waals surface area contributed by atoms with Gasteiger partial charge in [-0.05, 0) is 33.8 Å². The first-order valence-electron chi connectivity index (χ1n) is 6.20. The number of imidazole rings is 1. The molecule has 0 saturated heterocycles. The van der Waals surface area contributed by atoms with Crippen LogP contribution in [0, 0.1) is 0 Å². The number of H-pyrrole nitrogens is 1. The maximum absolute atomic E-state index is 5.71. The lowest BCUT2D eigenvalue weighted by molar-refractivity contribution is 0.734. The first-order valence-corrected chi connectivity index (χ1v) is 6.99. The molecule has 96 valence electrons. The van der Waals surface area contributed by atoms with Crippen molar-refractivity contribution in [1.29, 1.82) is 0 Å². The van der Waals surface area contributed by atoms with Crippen LogP contribution in [0.1, 0.15) is 37.4 Å². The zero-order valence-electron chi connectivity index (χ0n) is 10.7. The van der Waals surface area contributed by atoms with Crippen LogP contribution in [0.4, 0.5) is 0 Å². The molecule has 1 heterocycles. The van der Waals surface area contributed by atoms with Gasteiger partial charge in [0.25, 0.3) is 0 Å². The lowest BCUT2D eigenvalue weighted by Crippen LogP contribution is -1.99. The maximum atomic E-state index is 5.71. The monoisotopic (exact) mass is 307 g/mol. The number of halogens is 1. The van der Waals surface area contributed by atoms with Crippen LogP contribution < -0.4 is 5.73 Å². The smallest absolute Gasteiger partial charge is 0.175 e. The van der Waals surface area contributed by atoms with Gasteiger partial charge in [-0.3, -0.25) is 0 Å². The van der Waals surface area contributed by atoms with Crippen LogP contribution in [-0.4, -0.2) is 9.97 Å². The molecule has 1 atom stereocenters. The Hall–Kier alpha value is -1.13. The number of benzene rings is 1. The minimum absolute atomic E-state index is 0.459. The molecule has 3 nitrogen and oxygen atoms in total. The van der Waals surface area contributed by atoms with Crippen molar-refractivity contribution in [2.45, 2.75) is 32.7 Å². The SMILES string of the molecule is CCC(C)c1ccc(-c2nc(Br)[nH]c2CN)cc1. The summed E-state index contributed by atoms with van der Waals surface area (Å²) in [7, 11) is 0. The number of aromatic amines is 1. The fraction of sp³-hybridized carbons (Fsp3) is 0.357. The zero-order valence-corrected chi connectivity index (χ0v) is 12.3. The summed E-state index contributed by atoms with van der Waals surface area (Å²) in [6.07, 6.45) is 1.15. The quantitative estimate of drug-likeness (QED) is 0.902. The van der Waals surface area contributed by atoms with Crippen molar-refractivity contribution in [3.8, 4) is 11.3 Å². The Kier molecular flexibility index (Phi) is 4.19. The highest BCUT2D eigenvalue weighted by atomic mass is 79.9. The molecule has 1 aromatic carbocycles. The van der Waals surface area contributed by atoms with Gasteiger partial charge in [0.1, 0.15) is 0 Å². The van der Waals surface area contributed by atoms with E-state index in [1.165, 1.54) is 5.56 Å². The molecule has 18 heavy (non-hydrogen) atoms. The molecule has 0 fully saturated rings. The first-order chi connectivity index (χ1) is 8.65. The van der Waals surface area contributed by atoms with E-state index in [4.69, 9.17) is 5.73 Å². The van der Waals surface area contributed by atoms with E-state index in [1.807, 2.05) is 0 Å². The van der Waals surface area contributed by atoms with E-state index in [2.05, 4.69) is 64.0 Å². The van der Waals surface area contributed by atoms with Crippen LogP contribution in [0.15, 0.2) is 29.0 Å². The van der Waals surface area contributed by atoms with E-state index in [-0.39, 0.29) is 0 Å². The second-order valence-electron chi connectivity index (χ2n) is 4.49. The molecule has 2 rings (SSSR count). The number of nitrogens with two attached hydrogens (primary N) is 1. The van der Waals surface area contributed by atoms with Gasteiger partial charge in [0, 0.05) is 12.1 Å². The molecular weight excluding hydrogens is 290 g/mol. The van der Waals surface area contributed by atoms with Gasteiger partial charge < -0.3 is 10.7 Å². The second kappa shape index (κ2) is 5.67. The molecule has 0 saturated carbocycles. The largest absolute Gasteiger partial charge is 0.335 e. The Bertz CT molecular complexity index is 516. The van der Waals surface area contributed by atoms with Crippen molar-refractivity contribution in [3.63, 3.8) is 0 Å². The molecule has 3 N–H and O–H groups in total. The highest BCUT2D eigenvalue weighted by molar-refractivity contribution is 9.10. The van der Waals surface area contributed by atoms with Crippen molar-refractivity contribution in [3.05, 3.63) is 40.3 Å². The summed E-state index contributed by atoms with van der Waals surface area (Å²) in [4.78, 5) is 7.55. The summed E-state index contributed by atoms with van der Waals surface area (Å²) < 4.78 is 0.726. The van der Waals surface area contributed by atoms with Crippen LogP contribution in [0.25, 0.3) is 11.3 Å². The molecule has 0 radical (unpaired) electrons. The third kappa shape index (κ3) is 2.65. The van der Waals surface area contributed by atoms with Gasteiger partial charge in [-0.15, -0.1) is 0 Å². The van der Waals surface area contributed by atoms with Gasteiger partial charge in [-0.1, -0.05) is 38.1 Å². The van der Waals surface area contributed by atoms with Gasteiger partial charge in [0.2, 0.25) is 0 Å². The van der Waals surface area contributed by atoms with E-state index in [1.54, 1.807) is 0 Å². The normalized spacial score (nSPS) is 12.7. The van der Waals surface area contributed by atoms with Gasteiger partial charge >= 0.3 is 0 Å². The lowest BCUT2D eigenvalue weighted by Gasteiger charge is -2.09. The summed E-state index contributed by atoms with van der Waals surface area (Å²) >= 11 is 3.35. The summed E-state index contributed by atoms with van der Waals surface area (Å²) in [6, 6.07) is 8.57. The first kappa shape index (κ1) is 13.3. The van der Waals surface area contributed by atoms with Gasteiger partial charge in [-0.2, -0.15) is 0 Å². The second-order valence-corrected chi connectivity index (χ2v) is 5.24. The number of rotatable bonds is 4. The fourth-order valence-corrected chi connectivity index (χ4v) is 2.39. The Morgan fingerprint density at radius 2 is 2.00 bits per heavy atom. The highest BCUT2D eigenvalue weighted by Crippen LogP contribution is 2.26. The minimum Gasteiger partial charge on any atom is -0.335 e. The number of hydrogen-bond donors (Lipinski definition) is 2. The Morgan fingerprint density at radius 3 is 2.56 bits per heavy atom. The third-order valence-electron chi connectivity index (χ3n) is 3.32. The van der Waals surface area contributed by atoms with E-state index in [0.29, 0.717) is 12.5 Å². The van der Waals surface area contributed by atoms with Crippen molar-refractivity contribution in [2.75, 3.05) is 0 Å². The molecule has 0 aliphatic carbocycles. The fourth-order valence-electron chi connectivity index (χ4n) is 1.97. The van der Waals surface area contributed by atoms with Crippen molar-refractivity contribution in [1.82, 2.24) is 9.97 Å². The van der Waals surface area contributed by atoms with Crippen LogP contribution >= 0.6 is 15.9 Å². The van der Waals surface area contributed by atoms with Gasteiger partial charge in [-0.25, -0.2) is 4.98 Å². The summed E-state index contributed by atoms with van der Waals surface area (Å²) in [5.41, 5.74) is 10.1. The molecule has 0 aliphatic rings. The summed E-state index contributed by atoms with van der Waals surface area (Å²) in [6.45, 7) is 4.91. The average Bonchev–Trinajstić information content (AvgIpc) is 2.79. The Labute approximate surface area is 116 Å². The molecule has 0 amide bonds. The molecule has 1 unspecified atom stereocenters. The lowest BCUT2D eigenvalue weighted by atomic mass is 9.97. The average molecular weight is 308 g/mol. The summed E-state index contributed by atoms with van der Waals surface area (Å²) in [5, 5.41) is 0. The summed E-state index contributed by atoms with van der Waals surface area (Å²) in [5.74, 6) is 0.596. The van der Waals surface area contributed by atoms with Crippen molar-refractivity contribution < 1.29 is 0 Å². The van der Waals surface area contributed by atoms with Crippen LogP contribution in [0.3, 0.4) is 0 Å². The number of nitrogens with one attached hydrogen (secondary N) is 1. The predicted octanol–water partition coefficient (Wildman–Crippen LogP) is 3.81. The number of hydrogen-bond acceptors (Lipinski definition) is 2. The highest BCUT2D eigenvalue weighted by Gasteiger charge is 2.10. The van der Waals surface area contributed by atoms with Crippen molar-refractivity contribution >= 4 is 15.9 Å². The topological polar surface area (TPSA) is 54.7 Å². The molecule has 0 spiro atoms. The molecular formula is C14H18BrN3. The molecule has 0 bridgehead atoms. The van der Waals surface area contributed by atoms with E-state index in [0.717, 1.165) is 28.1 Å². The van der Waals surface area contributed by atoms with E-state index < -0.39 is 0 Å². The maximum Gasteiger partial charge on any atom is 0.175 e. The van der Waals surface area contributed by atoms with Crippen LogP contribution in [0.2, 0.25) is 0 Å². The van der Waals surface area contributed by atoms with Gasteiger partial charge in [0.05, 0.1) is 11.4 Å². The Morgan fingerprint density at radius 1 is 1.33 bits per heavy atom. The van der Waals surface area contributed by atoms with E-state index >= 15 is 0 Å². The van der Waals surface area contributed by atoms with Crippen LogP contribution in [-0.2, 0) is 6.54 Å². The molecule has 2 aromatic rings. The standard InChI is InChI=1S/C14H18BrN3/c1-3-9(2)10-4-6-11(7-5-10)13-12(8-16)17-14(15)18-13/h4-7,9H,3,8,16H2,1-2H3,(H,17,18). The van der Waals surface area contributed by atoms with Crippen molar-refractivity contribution in [2.24, 2.45) is 5.73 Å². The Balaban J connectivity index is 2.34. The predicted molar refractivity (Wildman–Crippen MR) is 78.3 cm³/mol. The molecule has 1 aromatic heterocycles.